The molecule has 0 bridgehead atoms. The Balaban J connectivity index is 2.06. The number of carbonyl (C=O) groups is 1. The van der Waals surface area contributed by atoms with Crippen molar-refractivity contribution >= 4 is 11.5 Å². The molecule has 1 aliphatic carbocycles. The molecule has 2 aromatic carbocycles. The van der Waals surface area contributed by atoms with Gasteiger partial charge in [-0.2, -0.15) is 13.2 Å². The van der Waals surface area contributed by atoms with E-state index in [9.17, 15) is 18.0 Å². The van der Waals surface area contributed by atoms with Gasteiger partial charge in [0.15, 0.2) is 5.78 Å². The lowest BCUT2D eigenvalue weighted by atomic mass is 9.88. The van der Waals surface area contributed by atoms with Crippen molar-refractivity contribution in [2.45, 2.75) is 31.4 Å². The molecule has 0 saturated heterocycles. The van der Waals surface area contributed by atoms with Crippen LogP contribution < -0.4 is 0 Å². The molecule has 25 heavy (non-hydrogen) atoms. The Hall–Kier alpha value is -2.43. The number of rotatable bonds is 2. The van der Waals surface area contributed by atoms with Crippen LogP contribution in [-0.4, -0.2) is 18.5 Å². The molecule has 0 aliphatic heterocycles. The van der Waals surface area contributed by atoms with Crippen LogP contribution in [0, 0.1) is 6.92 Å². The van der Waals surface area contributed by atoms with E-state index in [2.05, 4.69) is 4.99 Å². The summed E-state index contributed by atoms with van der Waals surface area (Å²) in [6.07, 6.45) is -3.99. The van der Waals surface area contributed by atoms with Crippen LogP contribution in [0.5, 0.6) is 0 Å². The molecule has 1 fully saturated rings. The van der Waals surface area contributed by atoms with E-state index in [0.717, 1.165) is 17.7 Å². The van der Waals surface area contributed by atoms with E-state index >= 15 is 0 Å². The van der Waals surface area contributed by atoms with Crippen LogP contribution in [0.3, 0.4) is 0 Å². The van der Waals surface area contributed by atoms with Crippen molar-refractivity contribution in [3.05, 3.63) is 70.8 Å². The second kappa shape index (κ2) is 6.47. The van der Waals surface area contributed by atoms with Crippen molar-refractivity contribution in [1.82, 2.24) is 0 Å². The maximum Gasteiger partial charge on any atom is 0.416 e. The lowest BCUT2D eigenvalue weighted by molar-refractivity contribution is -0.137. The van der Waals surface area contributed by atoms with Gasteiger partial charge in [0.1, 0.15) is 0 Å². The Morgan fingerprint density at radius 3 is 2.36 bits per heavy atom. The van der Waals surface area contributed by atoms with Crippen LogP contribution in [-0.2, 0) is 11.0 Å². The lowest BCUT2D eigenvalue weighted by Gasteiger charge is -2.17. The topological polar surface area (TPSA) is 29.4 Å². The van der Waals surface area contributed by atoms with Crippen molar-refractivity contribution in [2.75, 3.05) is 7.05 Å². The van der Waals surface area contributed by atoms with E-state index in [-0.39, 0.29) is 11.7 Å². The van der Waals surface area contributed by atoms with Gasteiger partial charge in [0.25, 0.3) is 0 Å². The van der Waals surface area contributed by atoms with Crippen LogP contribution in [0.4, 0.5) is 13.2 Å². The molecule has 0 N–H and O–H groups in total. The molecule has 0 spiro atoms. The third-order valence-corrected chi connectivity index (χ3v) is 4.78. The van der Waals surface area contributed by atoms with Gasteiger partial charge in [0.2, 0.25) is 0 Å². The van der Waals surface area contributed by atoms with Gasteiger partial charge in [0.05, 0.1) is 11.5 Å². The van der Waals surface area contributed by atoms with E-state index < -0.39 is 17.7 Å². The number of alkyl halides is 3. The molecule has 0 radical (unpaired) electrons. The fourth-order valence-electron chi connectivity index (χ4n) is 3.44. The van der Waals surface area contributed by atoms with E-state index in [1.165, 1.54) is 6.07 Å². The van der Waals surface area contributed by atoms with Gasteiger partial charge in [-0.25, -0.2) is 0 Å². The van der Waals surface area contributed by atoms with Crippen molar-refractivity contribution in [3.8, 4) is 0 Å². The highest BCUT2D eigenvalue weighted by atomic mass is 19.4. The minimum atomic E-state index is -4.44. The fraction of sp³-hybridized carbons (Fsp3) is 0.300. The molecule has 2 nitrogen and oxygen atoms in total. The molecular weight excluding hydrogens is 327 g/mol. The molecule has 1 aliphatic rings. The first-order valence-corrected chi connectivity index (χ1v) is 8.05. The molecule has 2 atom stereocenters. The summed E-state index contributed by atoms with van der Waals surface area (Å²) >= 11 is 0. The fourth-order valence-corrected chi connectivity index (χ4v) is 3.44. The summed E-state index contributed by atoms with van der Waals surface area (Å²) in [5, 5.41) is 0. The number of halogens is 3. The number of hydrogen-bond donors (Lipinski definition) is 0. The minimum Gasteiger partial charge on any atom is -0.298 e. The van der Waals surface area contributed by atoms with Gasteiger partial charge >= 0.3 is 6.18 Å². The number of ketones is 1. The lowest BCUT2D eigenvalue weighted by Crippen LogP contribution is -2.17. The van der Waals surface area contributed by atoms with Crippen LogP contribution in [0.2, 0.25) is 0 Å². The highest BCUT2D eigenvalue weighted by molar-refractivity contribution is 6.19. The van der Waals surface area contributed by atoms with Gasteiger partial charge in [0, 0.05) is 25.1 Å². The summed E-state index contributed by atoms with van der Waals surface area (Å²) in [6, 6.07) is 12.9. The standard InChI is InChI=1S/C20H18F3NO/c1-12-8-9-14(20(21,22)23)10-15(12)18-17(24-2)11-16(19(18)25)13-6-4-3-5-7-13/h3-10,16,18H,11H2,1-2H3. The van der Waals surface area contributed by atoms with E-state index in [1.807, 2.05) is 30.3 Å². The first-order valence-electron chi connectivity index (χ1n) is 8.05. The zero-order valence-electron chi connectivity index (χ0n) is 14.0. The monoisotopic (exact) mass is 345 g/mol. The number of aryl methyl sites for hydroxylation is 1. The Morgan fingerprint density at radius 1 is 1.08 bits per heavy atom. The molecule has 0 heterocycles. The number of aliphatic imine (C=N–C) groups is 1. The van der Waals surface area contributed by atoms with E-state index in [0.29, 0.717) is 23.3 Å². The third-order valence-electron chi connectivity index (χ3n) is 4.78. The predicted molar refractivity (Wildman–Crippen MR) is 91.1 cm³/mol. The average Bonchev–Trinajstić information content (AvgIpc) is 2.91. The Morgan fingerprint density at radius 2 is 1.76 bits per heavy atom. The Kier molecular flexibility index (Phi) is 4.50. The third kappa shape index (κ3) is 3.23. The molecule has 0 aromatic heterocycles. The van der Waals surface area contributed by atoms with Gasteiger partial charge < -0.3 is 0 Å². The zero-order valence-corrected chi connectivity index (χ0v) is 14.0. The summed E-state index contributed by atoms with van der Waals surface area (Å²) < 4.78 is 39.3. The average molecular weight is 345 g/mol. The number of Topliss-reactive ketones (excluding diaryl/α,β-unsaturated/α-hetero) is 1. The number of carbonyl (C=O) groups excluding carboxylic acids is 1. The van der Waals surface area contributed by atoms with Crippen molar-refractivity contribution < 1.29 is 18.0 Å². The summed E-state index contributed by atoms with van der Waals surface area (Å²) in [7, 11) is 1.59. The number of hydrogen-bond acceptors (Lipinski definition) is 2. The molecule has 2 aromatic rings. The first-order chi connectivity index (χ1) is 11.8. The van der Waals surface area contributed by atoms with Crippen LogP contribution >= 0.6 is 0 Å². The quantitative estimate of drug-likeness (QED) is 0.759. The predicted octanol–water partition coefficient (Wildman–Crippen LogP) is 4.92. The first kappa shape index (κ1) is 17.4. The Bertz CT molecular complexity index is 825. The largest absolute Gasteiger partial charge is 0.416 e. The van der Waals surface area contributed by atoms with Crippen molar-refractivity contribution in [1.29, 1.82) is 0 Å². The van der Waals surface area contributed by atoms with Crippen molar-refractivity contribution in [2.24, 2.45) is 4.99 Å². The molecular formula is C20H18F3NO. The second-order valence-corrected chi connectivity index (χ2v) is 6.29. The molecule has 130 valence electrons. The zero-order chi connectivity index (χ0) is 18.2. The molecule has 0 amide bonds. The maximum absolute atomic E-state index is 13.1. The van der Waals surface area contributed by atoms with Crippen LogP contribution in [0.1, 0.15) is 40.5 Å². The van der Waals surface area contributed by atoms with E-state index in [1.54, 1.807) is 14.0 Å². The summed E-state index contributed by atoms with van der Waals surface area (Å²) in [5.74, 6) is -1.16. The summed E-state index contributed by atoms with van der Waals surface area (Å²) in [5.41, 5.74) is 1.85. The van der Waals surface area contributed by atoms with Gasteiger partial charge in [-0.3, -0.25) is 9.79 Å². The molecule has 2 unspecified atom stereocenters. The highest BCUT2D eigenvalue weighted by Crippen LogP contribution is 2.41. The van der Waals surface area contributed by atoms with Gasteiger partial charge in [-0.15, -0.1) is 0 Å². The smallest absolute Gasteiger partial charge is 0.298 e. The van der Waals surface area contributed by atoms with Crippen LogP contribution in [0.15, 0.2) is 53.5 Å². The van der Waals surface area contributed by atoms with Gasteiger partial charge in [-0.1, -0.05) is 36.4 Å². The summed E-state index contributed by atoms with van der Waals surface area (Å²) in [6.45, 7) is 1.73. The molecule has 1 saturated carbocycles. The molecule has 3 rings (SSSR count). The minimum absolute atomic E-state index is 0.0887. The maximum atomic E-state index is 13.1. The molecule has 5 heteroatoms. The number of nitrogens with zero attached hydrogens (tertiary/aromatic N) is 1. The Labute approximate surface area is 144 Å². The van der Waals surface area contributed by atoms with Gasteiger partial charge in [-0.05, 0) is 35.7 Å². The van der Waals surface area contributed by atoms with E-state index in [4.69, 9.17) is 0 Å². The highest BCUT2D eigenvalue weighted by Gasteiger charge is 2.42. The SMILES string of the molecule is CN=C1CC(c2ccccc2)C(=O)C1c1cc(C(F)(F)F)ccc1C. The second-order valence-electron chi connectivity index (χ2n) is 6.29. The normalized spacial score (nSPS) is 22.6. The summed E-state index contributed by atoms with van der Waals surface area (Å²) in [4.78, 5) is 17.2. The number of benzene rings is 2. The van der Waals surface area contributed by atoms with Crippen LogP contribution in [0.25, 0.3) is 0 Å². The van der Waals surface area contributed by atoms with Crippen molar-refractivity contribution in [3.63, 3.8) is 0 Å².